The third kappa shape index (κ3) is 3.56. The van der Waals surface area contributed by atoms with E-state index >= 15 is 0 Å². The minimum atomic E-state index is 0.764. The zero-order valence-corrected chi connectivity index (χ0v) is 13.7. The van der Waals surface area contributed by atoms with Crippen LogP contribution in [0.4, 0.5) is 0 Å². The lowest BCUT2D eigenvalue weighted by molar-refractivity contribution is 0.210. The fourth-order valence-electron chi connectivity index (χ4n) is 2.14. The second kappa shape index (κ2) is 7.15. The van der Waals surface area contributed by atoms with Crippen LogP contribution in [-0.2, 0) is 6.54 Å². The quantitative estimate of drug-likeness (QED) is 0.775. The van der Waals surface area contributed by atoms with Crippen molar-refractivity contribution >= 4 is 28.3 Å². The molecule has 0 aliphatic carbocycles. The van der Waals surface area contributed by atoms with Gasteiger partial charge in [-0.1, -0.05) is 30.0 Å². The lowest BCUT2D eigenvalue weighted by Crippen LogP contribution is -2.44. The molecule has 0 bridgehead atoms. The lowest BCUT2D eigenvalue weighted by Gasteiger charge is -2.36. The van der Waals surface area contributed by atoms with E-state index in [1.807, 2.05) is 12.1 Å². The maximum absolute atomic E-state index is 5.35. The Morgan fingerprint density at radius 2 is 2.00 bits per heavy atom. The van der Waals surface area contributed by atoms with Gasteiger partial charge in [0.05, 0.1) is 26.8 Å². The summed E-state index contributed by atoms with van der Waals surface area (Å²) in [5.74, 6) is 2.47. The molecule has 0 atom stereocenters. The largest absolute Gasteiger partial charge is 0.493 e. The number of hydrogen-bond donors (Lipinski definition) is 0. The van der Waals surface area contributed by atoms with Gasteiger partial charge in [-0.05, 0) is 24.6 Å². The van der Waals surface area contributed by atoms with E-state index in [0.29, 0.717) is 0 Å². The molecule has 1 saturated heterocycles. The molecule has 1 aromatic rings. The standard InChI is InChI=1S/C14H20N2O2S2/c1-4-16-9-15(10-20-14(16)19)8-11-5-6-12(17-2)13(7-11)18-3/h5-7H,4,8-10H2,1-3H3. The van der Waals surface area contributed by atoms with Crippen molar-refractivity contribution < 1.29 is 9.47 Å². The number of nitrogens with zero attached hydrogens (tertiary/aromatic N) is 2. The first kappa shape index (κ1) is 15.4. The van der Waals surface area contributed by atoms with Gasteiger partial charge < -0.3 is 14.4 Å². The predicted octanol–water partition coefficient (Wildman–Crippen LogP) is 2.77. The topological polar surface area (TPSA) is 24.9 Å². The van der Waals surface area contributed by atoms with Gasteiger partial charge in [0.15, 0.2) is 11.5 Å². The van der Waals surface area contributed by atoms with E-state index in [2.05, 4.69) is 22.8 Å². The first-order chi connectivity index (χ1) is 9.67. The van der Waals surface area contributed by atoms with Crippen LogP contribution in [0, 0.1) is 0 Å². The molecular formula is C14H20N2O2S2. The van der Waals surface area contributed by atoms with Crippen LogP contribution in [0.15, 0.2) is 18.2 Å². The molecule has 0 saturated carbocycles. The van der Waals surface area contributed by atoms with Crippen molar-refractivity contribution in [3.8, 4) is 11.5 Å². The molecule has 2 rings (SSSR count). The van der Waals surface area contributed by atoms with Crippen LogP contribution in [0.25, 0.3) is 0 Å². The summed E-state index contributed by atoms with van der Waals surface area (Å²) in [5, 5.41) is 0. The normalized spacial score (nSPS) is 16.4. The van der Waals surface area contributed by atoms with Gasteiger partial charge in [0.1, 0.15) is 4.32 Å². The van der Waals surface area contributed by atoms with Crippen LogP contribution >= 0.6 is 24.0 Å². The van der Waals surface area contributed by atoms with Crippen molar-refractivity contribution in [2.24, 2.45) is 0 Å². The SMILES string of the molecule is CCN1CN(Cc2ccc(OC)c(OC)c2)CSC1=S. The molecule has 0 spiro atoms. The van der Waals surface area contributed by atoms with Crippen LogP contribution < -0.4 is 9.47 Å². The summed E-state index contributed by atoms with van der Waals surface area (Å²) in [7, 11) is 3.31. The van der Waals surface area contributed by atoms with Crippen LogP contribution in [0.5, 0.6) is 11.5 Å². The van der Waals surface area contributed by atoms with Gasteiger partial charge >= 0.3 is 0 Å². The maximum Gasteiger partial charge on any atom is 0.161 e. The third-order valence-electron chi connectivity index (χ3n) is 3.24. The van der Waals surface area contributed by atoms with Crippen LogP contribution in [-0.4, -0.2) is 47.4 Å². The molecule has 0 amide bonds. The van der Waals surface area contributed by atoms with Gasteiger partial charge in [0, 0.05) is 13.1 Å². The molecule has 1 aliphatic rings. The number of thiocarbonyl (C=S) groups is 1. The number of ether oxygens (including phenoxy) is 2. The van der Waals surface area contributed by atoms with Crippen molar-refractivity contribution in [3.05, 3.63) is 23.8 Å². The van der Waals surface area contributed by atoms with E-state index in [1.165, 1.54) is 5.56 Å². The molecule has 1 fully saturated rings. The predicted molar refractivity (Wildman–Crippen MR) is 87.4 cm³/mol. The molecule has 6 heteroatoms. The highest BCUT2D eigenvalue weighted by molar-refractivity contribution is 8.22. The van der Waals surface area contributed by atoms with Gasteiger partial charge in [0.25, 0.3) is 0 Å². The van der Waals surface area contributed by atoms with Crippen LogP contribution in [0.3, 0.4) is 0 Å². The summed E-state index contributed by atoms with van der Waals surface area (Å²) in [6.45, 7) is 4.85. The summed E-state index contributed by atoms with van der Waals surface area (Å²) < 4.78 is 11.6. The fourth-order valence-corrected chi connectivity index (χ4v) is 3.32. The van der Waals surface area contributed by atoms with Gasteiger partial charge in [-0.3, -0.25) is 4.90 Å². The van der Waals surface area contributed by atoms with Crippen molar-refractivity contribution in [2.45, 2.75) is 13.5 Å². The van der Waals surface area contributed by atoms with Crippen molar-refractivity contribution in [1.29, 1.82) is 0 Å². The molecule has 0 aromatic heterocycles. The van der Waals surface area contributed by atoms with Gasteiger partial charge in [-0.15, -0.1) is 0 Å². The van der Waals surface area contributed by atoms with E-state index in [-0.39, 0.29) is 0 Å². The second-order valence-electron chi connectivity index (χ2n) is 4.56. The van der Waals surface area contributed by atoms with E-state index < -0.39 is 0 Å². The molecule has 0 radical (unpaired) electrons. The van der Waals surface area contributed by atoms with Crippen molar-refractivity contribution in [1.82, 2.24) is 9.80 Å². The van der Waals surface area contributed by atoms with Crippen molar-refractivity contribution in [3.63, 3.8) is 0 Å². The van der Waals surface area contributed by atoms with Gasteiger partial charge in [-0.25, -0.2) is 0 Å². The van der Waals surface area contributed by atoms with E-state index in [1.54, 1.807) is 26.0 Å². The molecular weight excluding hydrogens is 292 g/mol. The summed E-state index contributed by atoms with van der Waals surface area (Å²) in [6.07, 6.45) is 0. The number of thioether (sulfide) groups is 1. The number of methoxy groups -OCH3 is 2. The lowest BCUT2D eigenvalue weighted by atomic mass is 10.2. The summed E-state index contributed by atoms with van der Waals surface area (Å²) in [4.78, 5) is 4.58. The number of hydrogen-bond acceptors (Lipinski definition) is 5. The molecule has 0 N–H and O–H groups in total. The molecule has 1 heterocycles. The Labute approximate surface area is 130 Å². The van der Waals surface area contributed by atoms with E-state index in [0.717, 1.165) is 41.5 Å². The highest BCUT2D eigenvalue weighted by Gasteiger charge is 2.20. The smallest absolute Gasteiger partial charge is 0.161 e. The Balaban J connectivity index is 2.04. The van der Waals surface area contributed by atoms with Crippen molar-refractivity contribution in [2.75, 3.05) is 33.3 Å². The summed E-state index contributed by atoms with van der Waals surface area (Å²) in [5.41, 5.74) is 1.21. The summed E-state index contributed by atoms with van der Waals surface area (Å²) >= 11 is 7.06. The molecule has 1 aromatic carbocycles. The minimum absolute atomic E-state index is 0.764. The fraction of sp³-hybridized carbons (Fsp3) is 0.500. The van der Waals surface area contributed by atoms with E-state index in [4.69, 9.17) is 21.7 Å². The monoisotopic (exact) mass is 312 g/mol. The Morgan fingerprint density at radius 3 is 2.65 bits per heavy atom. The third-order valence-corrected chi connectivity index (χ3v) is 4.85. The Morgan fingerprint density at radius 1 is 1.25 bits per heavy atom. The molecule has 20 heavy (non-hydrogen) atoms. The number of rotatable bonds is 5. The Kier molecular flexibility index (Phi) is 5.51. The zero-order chi connectivity index (χ0) is 14.5. The Bertz CT molecular complexity index is 482. The second-order valence-corrected chi connectivity index (χ2v) is 6.13. The average molecular weight is 312 g/mol. The first-order valence-electron chi connectivity index (χ1n) is 6.53. The maximum atomic E-state index is 5.35. The highest BCUT2D eigenvalue weighted by Crippen LogP contribution is 2.29. The highest BCUT2D eigenvalue weighted by atomic mass is 32.2. The van der Waals surface area contributed by atoms with Crippen LogP contribution in [0.2, 0.25) is 0 Å². The molecule has 0 unspecified atom stereocenters. The van der Waals surface area contributed by atoms with Gasteiger partial charge in [-0.2, -0.15) is 0 Å². The molecule has 1 aliphatic heterocycles. The molecule has 4 nitrogen and oxygen atoms in total. The minimum Gasteiger partial charge on any atom is -0.493 e. The summed E-state index contributed by atoms with van der Waals surface area (Å²) in [6, 6.07) is 6.06. The van der Waals surface area contributed by atoms with Gasteiger partial charge in [0.2, 0.25) is 0 Å². The van der Waals surface area contributed by atoms with Crippen LogP contribution in [0.1, 0.15) is 12.5 Å². The zero-order valence-electron chi connectivity index (χ0n) is 12.1. The Hall–Kier alpha value is -0.980. The molecule has 110 valence electrons. The van der Waals surface area contributed by atoms with E-state index in [9.17, 15) is 0 Å². The average Bonchev–Trinajstić information content (AvgIpc) is 2.49. The first-order valence-corrected chi connectivity index (χ1v) is 7.92. The number of benzene rings is 1.